The largest absolute Gasteiger partial charge is 0.507 e. The summed E-state index contributed by atoms with van der Waals surface area (Å²) in [6.45, 7) is 4.23. The van der Waals surface area contributed by atoms with E-state index in [1.54, 1.807) is 36.4 Å². The van der Waals surface area contributed by atoms with Gasteiger partial charge < -0.3 is 19.5 Å². The summed E-state index contributed by atoms with van der Waals surface area (Å²) < 4.78 is 10.6. The molecule has 2 aromatic carbocycles. The molecule has 1 amide bonds. The first-order valence-electron chi connectivity index (χ1n) is 11.1. The van der Waals surface area contributed by atoms with Crippen LogP contribution in [0.1, 0.15) is 23.6 Å². The third-order valence-corrected chi connectivity index (χ3v) is 6.68. The number of rotatable bonds is 7. The summed E-state index contributed by atoms with van der Waals surface area (Å²) >= 11 is 12.3. The summed E-state index contributed by atoms with van der Waals surface area (Å²) in [5.41, 5.74) is 1.05. The molecule has 2 saturated heterocycles. The number of aliphatic hydroxyl groups excluding tert-OH is 1. The number of nitrogens with zero attached hydrogens (tertiary/aromatic N) is 2. The molecular weight excluding hydrogens is 479 g/mol. The van der Waals surface area contributed by atoms with Crippen LogP contribution in [0.3, 0.4) is 0 Å². The van der Waals surface area contributed by atoms with Crippen molar-refractivity contribution in [2.75, 3.05) is 46.5 Å². The molecule has 4 rings (SSSR count). The second kappa shape index (κ2) is 10.8. The van der Waals surface area contributed by atoms with E-state index >= 15 is 0 Å². The monoisotopic (exact) mass is 504 g/mol. The number of amides is 1. The van der Waals surface area contributed by atoms with Gasteiger partial charge in [0.25, 0.3) is 11.7 Å². The van der Waals surface area contributed by atoms with E-state index < -0.39 is 17.7 Å². The first kappa shape index (κ1) is 24.5. The number of likely N-dealkylation sites (tertiary alicyclic amines) is 1. The summed E-state index contributed by atoms with van der Waals surface area (Å²) in [5, 5.41) is 12.0. The topological polar surface area (TPSA) is 79.3 Å². The Hall–Kier alpha value is -2.58. The van der Waals surface area contributed by atoms with Crippen molar-refractivity contribution in [3.63, 3.8) is 0 Å². The second-order valence-electron chi connectivity index (χ2n) is 8.20. The van der Waals surface area contributed by atoms with E-state index in [2.05, 4.69) is 4.90 Å². The highest BCUT2D eigenvalue weighted by Gasteiger charge is 2.45. The predicted molar refractivity (Wildman–Crippen MR) is 130 cm³/mol. The molecule has 0 radical (unpaired) electrons. The molecule has 0 bridgehead atoms. The zero-order valence-electron chi connectivity index (χ0n) is 18.8. The minimum absolute atomic E-state index is 0.0277. The summed E-state index contributed by atoms with van der Waals surface area (Å²) in [4.78, 5) is 30.0. The van der Waals surface area contributed by atoms with E-state index in [4.69, 9.17) is 32.7 Å². The number of halogens is 2. The molecule has 1 N–H and O–H groups in total. The third-order valence-electron chi connectivity index (χ3n) is 6.13. The molecule has 0 aromatic heterocycles. The maximum Gasteiger partial charge on any atom is 0.295 e. The Kier molecular flexibility index (Phi) is 7.78. The maximum absolute atomic E-state index is 13.1. The van der Waals surface area contributed by atoms with Crippen molar-refractivity contribution in [3.05, 3.63) is 69.2 Å². The predicted octanol–water partition coefficient (Wildman–Crippen LogP) is 4.15. The van der Waals surface area contributed by atoms with E-state index in [9.17, 15) is 14.7 Å². The zero-order chi connectivity index (χ0) is 24.2. The van der Waals surface area contributed by atoms with Crippen molar-refractivity contribution >= 4 is 40.7 Å². The van der Waals surface area contributed by atoms with Crippen LogP contribution < -0.4 is 4.74 Å². The molecule has 2 fully saturated rings. The smallest absolute Gasteiger partial charge is 0.295 e. The Bertz CT molecular complexity index is 1100. The van der Waals surface area contributed by atoms with Gasteiger partial charge in [-0.3, -0.25) is 14.5 Å². The number of ketones is 1. The average molecular weight is 505 g/mol. The van der Waals surface area contributed by atoms with Gasteiger partial charge >= 0.3 is 0 Å². The normalized spacial score (nSPS) is 20.7. The fourth-order valence-electron chi connectivity index (χ4n) is 4.36. The number of aliphatic hydroxyl groups is 1. The van der Waals surface area contributed by atoms with Gasteiger partial charge in [-0.25, -0.2) is 0 Å². The van der Waals surface area contributed by atoms with Gasteiger partial charge in [0.05, 0.1) is 37.0 Å². The number of methoxy groups -OCH3 is 1. The van der Waals surface area contributed by atoms with Crippen LogP contribution in [0.25, 0.3) is 5.76 Å². The lowest BCUT2D eigenvalue weighted by atomic mass is 9.95. The van der Waals surface area contributed by atoms with Crippen LogP contribution in [0.15, 0.2) is 48.0 Å². The number of hydrogen-bond acceptors (Lipinski definition) is 6. The Morgan fingerprint density at radius 2 is 1.79 bits per heavy atom. The van der Waals surface area contributed by atoms with Gasteiger partial charge in [0, 0.05) is 36.8 Å². The second-order valence-corrected chi connectivity index (χ2v) is 9.04. The van der Waals surface area contributed by atoms with Gasteiger partial charge in [0.1, 0.15) is 11.5 Å². The molecule has 0 unspecified atom stereocenters. The van der Waals surface area contributed by atoms with E-state index in [-0.39, 0.29) is 16.4 Å². The molecule has 34 heavy (non-hydrogen) atoms. The summed E-state index contributed by atoms with van der Waals surface area (Å²) in [6, 6.07) is 10.9. The molecule has 9 heteroatoms. The minimum atomic E-state index is -0.733. The number of carbonyl (C=O) groups is 2. The molecule has 2 aliphatic rings. The van der Waals surface area contributed by atoms with Crippen LogP contribution in [-0.2, 0) is 14.3 Å². The van der Waals surface area contributed by atoms with Crippen LogP contribution >= 0.6 is 23.2 Å². The van der Waals surface area contributed by atoms with Gasteiger partial charge in [-0.2, -0.15) is 0 Å². The zero-order valence-corrected chi connectivity index (χ0v) is 20.3. The number of hydrogen-bond donors (Lipinski definition) is 1. The number of benzene rings is 2. The quantitative estimate of drug-likeness (QED) is 0.346. The van der Waals surface area contributed by atoms with Gasteiger partial charge in [-0.05, 0) is 42.3 Å². The van der Waals surface area contributed by atoms with Crippen molar-refractivity contribution in [2.45, 2.75) is 12.5 Å². The highest BCUT2D eigenvalue weighted by molar-refractivity contribution is 6.46. The first-order valence-corrected chi connectivity index (χ1v) is 11.8. The number of ether oxygens (including phenoxy) is 2. The van der Waals surface area contributed by atoms with Crippen molar-refractivity contribution < 1.29 is 24.2 Å². The summed E-state index contributed by atoms with van der Waals surface area (Å²) in [6.07, 6.45) is 0.686. The summed E-state index contributed by atoms with van der Waals surface area (Å²) in [7, 11) is 1.49. The van der Waals surface area contributed by atoms with Gasteiger partial charge in [-0.1, -0.05) is 35.3 Å². The van der Waals surface area contributed by atoms with Crippen LogP contribution in [0.4, 0.5) is 0 Å². The molecule has 180 valence electrons. The van der Waals surface area contributed by atoms with E-state index in [1.165, 1.54) is 18.1 Å². The average Bonchev–Trinajstić information content (AvgIpc) is 3.09. The molecule has 0 spiro atoms. The van der Waals surface area contributed by atoms with Crippen molar-refractivity contribution in [1.29, 1.82) is 0 Å². The summed E-state index contributed by atoms with van der Waals surface area (Å²) in [5.74, 6) is -1.20. The van der Waals surface area contributed by atoms with Gasteiger partial charge in [0.15, 0.2) is 0 Å². The Balaban J connectivity index is 1.68. The first-order chi connectivity index (χ1) is 16.4. The highest BCUT2D eigenvalue weighted by Crippen LogP contribution is 2.40. The molecule has 2 aromatic rings. The Morgan fingerprint density at radius 3 is 2.44 bits per heavy atom. The minimum Gasteiger partial charge on any atom is -0.507 e. The van der Waals surface area contributed by atoms with E-state index in [1.807, 2.05) is 0 Å². The molecule has 2 heterocycles. The van der Waals surface area contributed by atoms with Crippen molar-refractivity contribution in [1.82, 2.24) is 9.80 Å². The molecule has 0 aliphatic carbocycles. The number of morpholine rings is 1. The molecule has 7 nitrogen and oxygen atoms in total. The van der Waals surface area contributed by atoms with E-state index in [0.717, 1.165) is 19.6 Å². The van der Waals surface area contributed by atoms with Crippen molar-refractivity contribution in [2.24, 2.45) is 0 Å². The molecular formula is C25H26Cl2N2O5. The lowest BCUT2D eigenvalue weighted by Gasteiger charge is -2.29. The fourth-order valence-corrected chi connectivity index (χ4v) is 4.74. The number of Topliss-reactive ketones (excluding diaryl/α,β-unsaturated/α-hetero) is 1. The fraction of sp³-hybridized carbons (Fsp3) is 0.360. The maximum atomic E-state index is 13.1. The van der Waals surface area contributed by atoms with Crippen LogP contribution in [0, 0.1) is 0 Å². The lowest BCUT2D eigenvalue weighted by Crippen LogP contribution is -2.38. The molecule has 2 aliphatic heterocycles. The van der Waals surface area contributed by atoms with Crippen molar-refractivity contribution in [3.8, 4) is 5.75 Å². The van der Waals surface area contributed by atoms with Gasteiger partial charge in [-0.15, -0.1) is 0 Å². The van der Waals surface area contributed by atoms with Crippen LogP contribution in [0.5, 0.6) is 5.75 Å². The molecule has 1 atom stereocenters. The number of carbonyl (C=O) groups excluding carboxylic acids is 2. The van der Waals surface area contributed by atoms with E-state index in [0.29, 0.717) is 48.1 Å². The Labute approximate surface area is 208 Å². The highest BCUT2D eigenvalue weighted by atomic mass is 35.5. The third kappa shape index (κ3) is 5.08. The van der Waals surface area contributed by atoms with Gasteiger partial charge in [0.2, 0.25) is 0 Å². The Morgan fingerprint density at radius 1 is 1.09 bits per heavy atom. The van der Waals surface area contributed by atoms with Crippen LogP contribution in [0.2, 0.25) is 10.0 Å². The molecule has 0 saturated carbocycles. The standard InChI is InChI=1S/C25H26Cl2N2O5/c1-33-20-8-5-17(15-19(20)27)23(30)21-22(16-3-6-18(26)7-4-16)29(25(32)24(21)31)10-2-9-28-11-13-34-14-12-28/h3-8,15,22,30H,2,9-14H2,1H3/b23-21+/t22-/m1/s1. The van der Waals surface area contributed by atoms with Crippen LogP contribution in [-0.4, -0.2) is 73.1 Å². The lowest BCUT2D eigenvalue weighted by molar-refractivity contribution is -0.140. The SMILES string of the molecule is COc1ccc(/C(O)=C2\C(=O)C(=O)N(CCCN3CCOCC3)[C@@H]2c2ccc(Cl)cc2)cc1Cl.